The number of aromatic nitrogens is 2. The highest BCUT2D eigenvalue weighted by Crippen LogP contribution is 2.51. The summed E-state index contributed by atoms with van der Waals surface area (Å²) in [6, 6.07) is 55.8. The van der Waals surface area contributed by atoms with Gasteiger partial charge in [-0.2, -0.15) is 0 Å². The molecule has 13 rings (SSSR count). The lowest BCUT2D eigenvalue weighted by atomic mass is 9.31. The second-order valence-corrected chi connectivity index (χ2v) is 16.5. The molecule has 0 saturated heterocycles. The molecule has 0 N–H and O–H groups in total. The SMILES string of the molecule is C1=CC2C(N(c3cccnc3)c3cccc4ccccc34)=CC3=C(B4c5c(cccc5Oc5cc(N(c6cccnc6)c6cccc7ccccc67)c6ccccc6c54)O3)C2C=C1. The average Bonchev–Trinajstić information content (AvgIpc) is 3.35. The molecule has 6 nitrogen and oxygen atoms in total. The molecule has 0 radical (unpaired) electrons. The van der Waals surface area contributed by atoms with Crippen LogP contribution in [0, 0.1) is 11.8 Å². The average molecular weight is 809 g/mol. The molecule has 2 aliphatic carbocycles. The van der Waals surface area contributed by atoms with Crippen LogP contribution in [0.15, 0.2) is 230 Å². The summed E-state index contributed by atoms with van der Waals surface area (Å²) < 4.78 is 14.2. The fourth-order valence-corrected chi connectivity index (χ4v) is 10.5. The van der Waals surface area contributed by atoms with Crippen molar-refractivity contribution in [3.63, 3.8) is 0 Å². The van der Waals surface area contributed by atoms with E-state index in [9.17, 15) is 0 Å². The molecule has 2 aromatic heterocycles. The van der Waals surface area contributed by atoms with Crippen LogP contribution in [0.4, 0.5) is 28.4 Å². The minimum atomic E-state index is -0.141. The molecule has 2 aliphatic heterocycles. The first kappa shape index (κ1) is 35.6. The summed E-state index contributed by atoms with van der Waals surface area (Å²) in [6.07, 6.45) is 19.0. The third kappa shape index (κ3) is 5.53. The predicted octanol–water partition coefficient (Wildman–Crippen LogP) is 12.4. The minimum Gasteiger partial charge on any atom is -0.459 e. The van der Waals surface area contributed by atoms with Crippen LogP contribution >= 0.6 is 0 Å². The third-order valence-corrected chi connectivity index (χ3v) is 13.1. The van der Waals surface area contributed by atoms with Gasteiger partial charge in [-0.05, 0) is 75.6 Å². The van der Waals surface area contributed by atoms with Crippen molar-refractivity contribution in [3.05, 3.63) is 230 Å². The maximum atomic E-state index is 7.12. The van der Waals surface area contributed by atoms with Gasteiger partial charge in [-0.25, -0.2) is 0 Å². The van der Waals surface area contributed by atoms with E-state index in [1.54, 1.807) is 0 Å². The summed E-state index contributed by atoms with van der Waals surface area (Å²) in [5, 5.41) is 6.92. The summed E-state index contributed by atoms with van der Waals surface area (Å²) in [7, 11) is 0. The van der Waals surface area contributed by atoms with Gasteiger partial charge < -0.3 is 19.3 Å². The highest BCUT2D eigenvalue weighted by atomic mass is 16.5. The van der Waals surface area contributed by atoms with Crippen LogP contribution in [-0.2, 0) is 0 Å². The molecule has 0 saturated carbocycles. The standard InChI is InChI=1S/C56H37BN4O2/c1-3-20-40-36(14-1)16-9-26-46(40)60(38-18-12-30-58-34-38)48-32-52-54(44-24-7-5-22-42(44)48)57-55-45-25-8-6-23-43(45)49(33-53(55)63-51-29-11-28-50(62-52)56(51)57)61(39-19-13-31-59-35-39)47-27-10-17-37-15-2-4-21-41(37)47/h1-35,42,44H. The lowest BCUT2D eigenvalue weighted by Crippen LogP contribution is -2.54. The highest BCUT2D eigenvalue weighted by molar-refractivity contribution is 6.95. The molecule has 7 heteroatoms. The van der Waals surface area contributed by atoms with Gasteiger partial charge in [-0.3, -0.25) is 9.97 Å². The number of allylic oxidation sites excluding steroid dienone is 6. The normalized spacial score (nSPS) is 16.7. The third-order valence-electron chi connectivity index (χ3n) is 13.1. The zero-order chi connectivity index (χ0) is 41.4. The lowest BCUT2D eigenvalue weighted by molar-refractivity contribution is 0.411. The molecule has 0 amide bonds. The first-order valence-corrected chi connectivity index (χ1v) is 21.5. The summed E-state index contributed by atoms with van der Waals surface area (Å²) in [6.45, 7) is -0.141. The predicted molar refractivity (Wildman–Crippen MR) is 257 cm³/mol. The zero-order valence-corrected chi connectivity index (χ0v) is 34.0. The second-order valence-electron chi connectivity index (χ2n) is 16.5. The van der Waals surface area contributed by atoms with Crippen molar-refractivity contribution in [1.82, 2.24) is 9.97 Å². The van der Waals surface area contributed by atoms with E-state index in [-0.39, 0.29) is 18.5 Å². The monoisotopic (exact) mass is 808 g/mol. The van der Waals surface area contributed by atoms with Crippen molar-refractivity contribution >= 4 is 78.4 Å². The maximum absolute atomic E-state index is 7.12. The van der Waals surface area contributed by atoms with Gasteiger partial charge in [-0.15, -0.1) is 0 Å². The van der Waals surface area contributed by atoms with Crippen LogP contribution in [0.25, 0.3) is 32.3 Å². The second kappa shape index (κ2) is 14.2. The zero-order valence-electron chi connectivity index (χ0n) is 34.0. The maximum Gasteiger partial charge on any atom is 0.257 e. The van der Waals surface area contributed by atoms with E-state index in [0.29, 0.717) is 0 Å². The molecule has 2 atom stereocenters. The number of fused-ring (bicyclic) bond motifs is 9. The Morgan fingerprint density at radius 2 is 1.03 bits per heavy atom. The van der Waals surface area contributed by atoms with E-state index < -0.39 is 0 Å². The summed E-state index contributed by atoms with van der Waals surface area (Å²) in [5.74, 6) is 3.29. The Bertz CT molecular complexity index is 3440. The smallest absolute Gasteiger partial charge is 0.257 e. The molecule has 0 bridgehead atoms. The van der Waals surface area contributed by atoms with E-state index in [1.807, 2.05) is 43.0 Å². The molecule has 296 valence electrons. The van der Waals surface area contributed by atoms with Crippen LogP contribution in [0.3, 0.4) is 0 Å². The molecule has 0 fully saturated rings. The van der Waals surface area contributed by atoms with Gasteiger partial charge in [0.05, 0.1) is 40.8 Å². The van der Waals surface area contributed by atoms with Gasteiger partial charge in [0.15, 0.2) is 0 Å². The highest BCUT2D eigenvalue weighted by Gasteiger charge is 2.49. The van der Waals surface area contributed by atoms with E-state index >= 15 is 0 Å². The molecular weight excluding hydrogens is 771 g/mol. The molecule has 9 aromatic rings. The number of benzene rings is 7. The van der Waals surface area contributed by atoms with Crippen LogP contribution < -0.4 is 30.2 Å². The van der Waals surface area contributed by atoms with Crippen molar-refractivity contribution in [1.29, 1.82) is 0 Å². The Morgan fingerprint density at radius 1 is 0.460 bits per heavy atom. The number of rotatable bonds is 6. The summed E-state index contributed by atoms with van der Waals surface area (Å²) in [5.41, 5.74) is 9.69. The molecule has 63 heavy (non-hydrogen) atoms. The Morgan fingerprint density at radius 3 is 1.71 bits per heavy atom. The minimum absolute atomic E-state index is 0.00509. The van der Waals surface area contributed by atoms with Gasteiger partial charge in [0, 0.05) is 63.7 Å². The largest absolute Gasteiger partial charge is 0.459 e. The van der Waals surface area contributed by atoms with E-state index in [4.69, 9.17) is 9.47 Å². The lowest BCUT2D eigenvalue weighted by Gasteiger charge is -2.44. The quantitative estimate of drug-likeness (QED) is 0.156. The first-order chi connectivity index (χ1) is 31.3. The van der Waals surface area contributed by atoms with E-state index in [0.717, 1.165) is 84.2 Å². The summed E-state index contributed by atoms with van der Waals surface area (Å²) >= 11 is 0. The van der Waals surface area contributed by atoms with E-state index in [2.05, 4.69) is 190 Å². The van der Waals surface area contributed by atoms with Gasteiger partial charge in [0.1, 0.15) is 23.0 Å². The number of hydrogen-bond donors (Lipinski definition) is 0. The van der Waals surface area contributed by atoms with Crippen LogP contribution in [0.2, 0.25) is 0 Å². The Labute approximate surface area is 365 Å². The Kier molecular flexibility index (Phi) is 8.03. The molecule has 0 spiro atoms. The summed E-state index contributed by atoms with van der Waals surface area (Å²) in [4.78, 5) is 14.0. The fourth-order valence-electron chi connectivity index (χ4n) is 10.5. The number of nitrogens with zero attached hydrogens (tertiary/aromatic N) is 4. The Hall–Kier alpha value is -8.16. The van der Waals surface area contributed by atoms with Gasteiger partial charge in [0.25, 0.3) is 6.71 Å². The fraction of sp³-hybridized carbons (Fsp3) is 0.0357. The topological polar surface area (TPSA) is 50.7 Å². The number of anilines is 5. The van der Waals surface area contributed by atoms with Crippen molar-refractivity contribution in [2.45, 2.75) is 0 Å². The van der Waals surface area contributed by atoms with Crippen LogP contribution in [0.5, 0.6) is 17.2 Å². The van der Waals surface area contributed by atoms with Crippen LogP contribution in [-0.4, -0.2) is 16.7 Å². The number of pyridine rings is 2. The molecular formula is C56H37BN4O2. The van der Waals surface area contributed by atoms with Crippen molar-refractivity contribution in [3.8, 4) is 17.2 Å². The van der Waals surface area contributed by atoms with Crippen LogP contribution in [0.1, 0.15) is 0 Å². The number of hydrogen-bond acceptors (Lipinski definition) is 6. The molecule has 4 aliphatic rings. The van der Waals surface area contributed by atoms with Gasteiger partial charge >= 0.3 is 0 Å². The van der Waals surface area contributed by atoms with Gasteiger partial charge in [0.2, 0.25) is 0 Å². The first-order valence-electron chi connectivity index (χ1n) is 21.5. The van der Waals surface area contributed by atoms with Gasteiger partial charge in [-0.1, -0.05) is 127 Å². The van der Waals surface area contributed by atoms with Crippen molar-refractivity contribution < 1.29 is 9.47 Å². The van der Waals surface area contributed by atoms with Crippen molar-refractivity contribution in [2.75, 3.05) is 9.80 Å². The number of ether oxygens (including phenoxy) is 2. The molecule has 4 heterocycles. The molecule has 2 unspecified atom stereocenters. The van der Waals surface area contributed by atoms with Crippen molar-refractivity contribution in [2.24, 2.45) is 11.8 Å². The Balaban J connectivity index is 1.06. The molecule has 7 aromatic carbocycles. The van der Waals surface area contributed by atoms with E-state index in [1.165, 1.54) is 21.6 Å².